The first-order valence-electron chi connectivity index (χ1n) is 6.10. The summed E-state index contributed by atoms with van der Waals surface area (Å²) in [5, 5.41) is 16.1. The average Bonchev–Trinajstić information content (AvgIpc) is 3.13. The molecule has 0 atom stereocenters. The monoisotopic (exact) mass is 377 g/mol. The Morgan fingerprint density at radius 1 is 1.24 bits per heavy atom. The van der Waals surface area contributed by atoms with Crippen molar-refractivity contribution in [2.24, 2.45) is 0 Å². The Labute approximate surface area is 136 Å². The lowest BCUT2D eigenvalue weighted by Crippen LogP contribution is -1.90. The number of hydrogen-bond acceptors (Lipinski definition) is 6. The maximum Gasteiger partial charge on any atom is 0.235 e. The average molecular weight is 378 g/mol. The van der Waals surface area contributed by atoms with E-state index in [1.54, 1.807) is 28.2 Å². The fourth-order valence-corrected chi connectivity index (χ4v) is 4.09. The van der Waals surface area contributed by atoms with Crippen LogP contribution in [0.3, 0.4) is 0 Å². The van der Waals surface area contributed by atoms with Gasteiger partial charge in [0.15, 0.2) is 5.82 Å². The summed E-state index contributed by atoms with van der Waals surface area (Å²) in [4.78, 5) is 6.07. The molecule has 0 radical (unpaired) electrons. The molecular weight excluding hydrogens is 370 g/mol. The molecule has 0 aromatic carbocycles. The van der Waals surface area contributed by atoms with E-state index in [9.17, 15) is 0 Å². The molecular formula is C13H8BrN5S2. The van der Waals surface area contributed by atoms with Gasteiger partial charge in [-0.2, -0.15) is 9.61 Å². The number of fused-ring (bicyclic) bond motifs is 1. The van der Waals surface area contributed by atoms with E-state index in [0.717, 1.165) is 30.7 Å². The lowest BCUT2D eigenvalue weighted by atomic mass is 10.3. The van der Waals surface area contributed by atoms with Gasteiger partial charge in [-0.05, 0) is 45.9 Å². The zero-order chi connectivity index (χ0) is 14.4. The number of nitrogens with zero attached hydrogens (tertiary/aromatic N) is 5. The molecule has 4 aromatic rings. The van der Waals surface area contributed by atoms with Crippen LogP contribution in [0.4, 0.5) is 0 Å². The maximum absolute atomic E-state index is 4.64. The number of pyridine rings is 1. The third-order valence-corrected chi connectivity index (χ3v) is 5.40. The molecule has 0 unspecified atom stereocenters. The molecule has 0 saturated heterocycles. The van der Waals surface area contributed by atoms with E-state index in [4.69, 9.17) is 0 Å². The van der Waals surface area contributed by atoms with E-state index < -0.39 is 0 Å². The Bertz CT molecular complexity index is 939. The maximum atomic E-state index is 4.64. The molecule has 0 fully saturated rings. The first kappa shape index (κ1) is 13.1. The van der Waals surface area contributed by atoms with Gasteiger partial charge in [-0.15, -0.1) is 21.5 Å². The summed E-state index contributed by atoms with van der Waals surface area (Å²) in [6.45, 7) is 2.07. The molecule has 0 amide bonds. The van der Waals surface area contributed by atoms with E-state index in [1.165, 1.54) is 16.9 Å². The Kier molecular flexibility index (Phi) is 3.09. The van der Waals surface area contributed by atoms with E-state index in [0.29, 0.717) is 0 Å². The molecule has 5 nitrogen and oxygen atoms in total. The molecule has 0 aliphatic heterocycles. The SMILES string of the molecule is Cc1ccsc1-c1nnc2sc(-c3cncc(Br)c3)nn12. The first-order valence-corrected chi connectivity index (χ1v) is 8.59. The van der Waals surface area contributed by atoms with Crippen LogP contribution >= 0.6 is 38.6 Å². The summed E-state index contributed by atoms with van der Waals surface area (Å²) >= 11 is 6.59. The van der Waals surface area contributed by atoms with E-state index in [2.05, 4.69) is 54.6 Å². The molecule has 0 N–H and O–H groups in total. The molecule has 4 rings (SSSR count). The van der Waals surface area contributed by atoms with Crippen LogP contribution in [-0.4, -0.2) is 24.8 Å². The topological polar surface area (TPSA) is 56.0 Å². The van der Waals surface area contributed by atoms with Gasteiger partial charge in [-0.25, -0.2) is 0 Å². The molecule has 0 spiro atoms. The van der Waals surface area contributed by atoms with Crippen molar-refractivity contribution in [3.05, 3.63) is 39.9 Å². The highest BCUT2D eigenvalue weighted by molar-refractivity contribution is 9.10. The second kappa shape index (κ2) is 4.97. The van der Waals surface area contributed by atoms with Crippen molar-refractivity contribution in [2.75, 3.05) is 0 Å². The predicted molar refractivity (Wildman–Crippen MR) is 87.6 cm³/mol. The quantitative estimate of drug-likeness (QED) is 0.528. The van der Waals surface area contributed by atoms with Gasteiger partial charge >= 0.3 is 0 Å². The molecule has 0 aliphatic carbocycles. The number of thiophene rings is 1. The summed E-state index contributed by atoms with van der Waals surface area (Å²) in [6, 6.07) is 4.07. The number of halogens is 1. The van der Waals surface area contributed by atoms with Crippen molar-refractivity contribution in [2.45, 2.75) is 6.92 Å². The van der Waals surface area contributed by atoms with Gasteiger partial charge < -0.3 is 0 Å². The van der Waals surface area contributed by atoms with Crippen LogP contribution in [0.5, 0.6) is 0 Å². The minimum Gasteiger partial charge on any atom is -0.263 e. The van der Waals surface area contributed by atoms with E-state index in [-0.39, 0.29) is 0 Å². The molecule has 0 bridgehead atoms. The van der Waals surface area contributed by atoms with Crippen molar-refractivity contribution in [1.29, 1.82) is 0 Å². The van der Waals surface area contributed by atoms with Crippen molar-refractivity contribution in [3.63, 3.8) is 0 Å². The van der Waals surface area contributed by atoms with Gasteiger partial charge in [0.05, 0.1) is 4.88 Å². The fourth-order valence-electron chi connectivity index (χ4n) is 2.01. The molecule has 104 valence electrons. The Balaban J connectivity index is 1.88. The van der Waals surface area contributed by atoms with Gasteiger partial charge in [0.25, 0.3) is 0 Å². The highest BCUT2D eigenvalue weighted by Gasteiger charge is 2.16. The number of aromatic nitrogens is 5. The second-order valence-electron chi connectivity index (χ2n) is 4.45. The van der Waals surface area contributed by atoms with Crippen LogP contribution in [0.1, 0.15) is 5.56 Å². The molecule has 8 heteroatoms. The second-order valence-corrected chi connectivity index (χ2v) is 7.24. The lowest BCUT2D eigenvalue weighted by Gasteiger charge is -1.96. The first-order chi connectivity index (χ1) is 10.2. The summed E-state index contributed by atoms with van der Waals surface area (Å²) < 4.78 is 2.74. The van der Waals surface area contributed by atoms with Crippen molar-refractivity contribution >= 4 is 43.6 Å². The van der Waals surface area contributed by atoms with Crippen LogP contribution in [0, 0.1) is 6.92 Å². The van der Waals surface area contributed by atoms with Gasteiger partial charge in [-0.3, -0.25) is 4.98 Å². The smallest absolute Gasteiger partial charge is 0.235 e. The van der Waals surface area contributed by atoms with E-state index in [1.807, 2.05) is 6.07 Å². The number of hydrogen-bond donors (Lipinski definition) is 0. The van der Waals surface area contributed by atoms with Gasteiger partial charge in [0, 0.05) is 22.4 Å². The van der Waals surface area contributed by atoms with Crippen LogP contribution in [-0.2, 0) is 0 Å². The third-order valence-electron chi connectivity index (χ3n) is 3.01. The van der Waals surface area contributed by atoms with Gasteiger partial charge in [-0.1, -0.05) is 11.3 Å². The summed E-state index contributed by atoms with van der Waals surface area (Å²) in [5.74, 6) is 0.794. The molecule has 0 aliphatic rings. The molecule has 0 saturated carbocycles. The van der Waals surface area contributed by atoms with Crippen molar-refractivity contribution in [3.8, 4) is 21.3 Å². The largest absolute Gasteiger partial charge is 0.263 e. The number of aryl methyl sites for hydroxylation is 1. The molecule has 21 heavy (non-hydrogen) atoms. The lowest BCUT2D eigenvalue weighted by molar-refractivity contribution is 0.972. The third kappa shape index (κ3) is 2.19. The Morgan fingerprint density at radius 2 is 2.14 bits per heavy atom. The summed E-state index contributed by atoms with van der Waals surface area (Å²) in [6.07, 6.45) is 3.55. The Morgan fingerprint density at radius 3 is 2.90 bits per heavy atom. The fraction of sp³-hybridized carbons (Fsp3) is 0.0769. The van der Waals surface area contributed by atoms with Crippen LogP contribution in [0.15, 0.2) is 34.4 Å². The standard InChI is InChI=1S/C13H8BrN5S2/c1-7-2-3-20-10(7)11-16-17-13-19(11)18-12(21-13)8-4-9(14)6-15-5-8/h2-6H,1H3. The number of rotatable bonds is 2. The van der Waals surface area contributed by atoms with Crippen molar-refractivity contribution < 1.29 is 0 Å². The zero-order valence-electron chi connectivity index (χ0n) is 10.8. The summed E-state index contributed by atoms with van der Waals surface area (Å²) in [5.41, 5.74) is 2.15. The summed E-state index contributed by atoms with van der Waals surface area (Å²) in [7, 11) is 0. The normalized spacial score (nSPS) is 11.3. The molecule has 4 heterocycles. The van der Waals surface area contributed by atoms with E-state index >= 15 is 0 Å². The van der Waals surface area contributed by atoms with Crippen LogP contribution in [0.2, 0.25) is 0 Å². The zero-order valence-corrected chi connectivity index (χ0v) is 14.0. The van der Waals surface area contributed by atoms with Crippen LogP contribution in [0.25, 0.3) is 26.2 Å². The predicted octanol–water partition coefficient (Wildman–Crippen LogP) is 4.05. The minimum atomic E-state index is 0.785. The van der Waals surface area contributed by atoms with Crippen molar-refractivity contribution in [1.82, 2.24) is 24.8 Å². The minimum absolute atomic E-state index is 0.785. The van der Waals surface area contributed by atoms with Gasteiger partial charge in [0.2, 0.25) is 4.96 Å². The highest BCUT2D eigenvalue weighted by atomic mass is 79.9. The highest BCUT2D eigenvalue weighted by Crippen LogP contribution is 2.31. The molecule has 4 aromatic heterocycles. The Hall–Kier alpha value is -1.64. The van der Waals surface area contributed by atoms with Crippen LogP contribution < -0.4 is 0 Å². The van der Waals surface area contributed by atoms with Gasteiger partial charge in [0.1, 0.15) is 5.01 Å².